The number of ether oxygens (including phenoxy) is 1. The minimum atomic E-state index is -0.0261. The number of aryl methyl sites for hydroxylation is 2. The van der Waals surface area contributed by atoms with Gasteiger partial charge in [0.1, 0.15) is 5.75 Å². The van der Waals surface area contributed by atoms with Crippen molar-refractivity contribution in [1.29, 1.82) is 0 Å². The van der Waals surface area contributed by atoms with Gasteiger partial charge in [-0.3, -0.25) is 0 Å². The number of hydrogen-bond donors (Lipinski definition) is 2. The Bertz CT molecular complexity index is 363. The molecule has 1 rings (SSSR count). The van der Waals surface area contributed by atoms with E-state index in [2.05, 4.69) is 45.1 Å². The second-order valence-corrected chi connectivity index (χ2v) is 5.20. The first-order valence-electron chi connectivity index (χ1n) is 5.99. The molecule has 1 aromatic rings. The largest absolute Gasteiger partial charge is 0.496 e. The molecule has 0 unspecified atom stereocenters. The SMILES string of the molecule is COc1c(C)cc(CNC(C)(C)CN)cc1C. The Hall–Kier alpha value is -1.06. The molecular formula is C14H24N2O. The van der Waals surface area contributed by atoms with Gasteiger partial charge in [-0.05, 0) is 44.4 Å². The number of methoxy groups -OCH3 is 1. The molecule has 0 aliphatic carbocycles. The average molecular weight is 236 g/mol. The molecule has 0 saturated heterocycles. The number of hydrogen-bond acceptors (Lipinski definition) is 3. The highest BCUT2D eigenvalue weighted by Crippen LogP contribution is 2.24. The highest BCUT2D eigenvalue weighted by Gasteiger charge is 2.14. The van der Waals surface area contributed by atoms with E-state index in [-0.39, 0.29) is 5.54 Å². The molecule has 17 heavy (non-hydrogen) atoms. The molecule has 3 nitrogen and oxygen atoms in total. The maximum Gasteiger partial charge on any atom is 0.124 e. The first-order chi connectivity index (χ1) is 7.89. The Morgan fingerprint density at radius 1 is 1.24 bits per heavy atom. The first kappa shape index (κ1) is 14.0. The summed E-state index contributed by atoms with van der Waals surface area (Å²) in [5.41, 5.74) is 9.28. The zero-order valence-corrected chi connectivity index (χ0v) is 11.6. The molecule has 0 aliphatic heterocycles. The lowest BCUT2D eigenvalue weighted by molar-refractivity contribution is 0.395. The number of nitrogens with one attached hydrogen (secondary N) is 1. The summed E-state index contributed by atoms with van der Waals surface area (Å²) in [6.07, 6.45) is 0. The van der Waals surface area contributed by atoms with E-state index in [1.807, 2.05) is 0 Å². The number of nitrogens with two attached hydrogens (primary N) is 1. The van der Waals surface area contributed by atoms with Gasteiger partial charge in [-0.2, -0.15) is 0 Å². The van der Waals surface area contributed by atoms with Crippen LogP contribution in [0.5, 0.6) is 5.75 Å². The predicted octanol–water partition coefficient (Wildman–Crippen LogP) is 2.14. The van der Waals surface area contributed by atoms with Gasteiger partial charge >= 0.3 is 0 Å². The van der Waals surface area contributed by atoms with Crippen molar-refractivity contribution in [1.82, 2.24) is 5.32 Å². The molecule has 0 aliphatic rings. The van der Waals surface area contributed by atoms with E-state index in [0.717, 1.165) is 12.3 Å². The highest BCUT2D eigenvalue weighted by molar-refractivity contribution is 5.43. The molecule has 96 valence electrons. The molecule has 0 fully saturated rings. The number of benzene rings is 1. The van der Waals surface area contributed by atoms with Crippen LogP contribution in [0.25, 0.3) is 0 Å². The van der Waals surface area contributed by atoms with Gasteiger partial charge in [-0.15, -0.1) is 0 Å². The fraction of sp³-hybridized carbons (Fsp3) is 0.571. The van der Waals surface area contributed by atoms with Gasteiger partial charge in [-0.25, -0.2) is 0 Å². The summed E-state index contributed by atoms with van der Waals surface area (Å²) in [6.45, 7) is 9.82. The van der Waals surface area contributed by atoms with Crippen LogP contribution in [0.2, 0.25) is 0 Å². The van der Waals surface area contributed by atoms with E-state index in [4.69, 9.17) is 10.5 Å². The normalized spacial score (nSPS) is 11.6. The Morgan fingerprint density at radius 3 is 2.18 bits per heavy atom. The Labute approximate surface area is 104 Å². The maximum atomic E-state index is 5.69. The van der Waals surface area contributed by atoms with Crippen molar-refractivity contribution < 1.29 is 4.74 Å². The first-order valence-corrected chi connectivity index (χ1v) is 5.99. The lowest BCUT2D eigenvalue weighted by atomic mass is 10.0. The standard InChI is InChI=1S/C14H24N2O/c1-10-6-12(7-11(2)13(10)17-5)8-16-14(3,4)9-15/h6-7,16H,8-9,15H2,1-5H3. The average Bonchev–Trinajstić information content (AvgIpc) is 2.26. The summed E-state index contributed by atoms with van der Waals surface area (Å²) in [7, 11) is 1.71. The quantitative estimate of drug-likeness (QED) is 0.823. The van der Waals surface area contributed by atoms with Gasteiger partial charge in [0.05, 0.1) is 7.11 Å². The predicted molar refractivity (Wildman–Crippen MR) is 72.4 cm³/mol. The van der Waals surface area contributed by atoms with Crippen LogP contribution in [0.1, 0.15) is 30.5 Å². The van der Waals surface area contributed by atoms with Gasteiger partial charge in [0.2, 0.25) is 0 Å². The molecule has 1 aromatic carbocycles. The summed E-state index contributed by atoms with van der Waals surface area (Å²) in [5.74, 6) is 0.979. The van der Waals surface area contributed by atoms with Crippen LogP contribution in [0.4, 0.5) is 0 Å². The summed E-state index contributed by atoms with van der Waals surface area (Å²) < 4.78 is 5.36. The second kappa shape index (κ2) is 5.52. The van der Waals surface area contributed by atoms with Crippen molar-refractivity contribution in [2.75, 3.05) is 13.7 Å². The Morgan fingerprint density at radius 2 is 1.76 bits per heavy atom. The van der Waals surface area contributed by atoms with Crippen LogP contribution in [0, 0.1) is 13.8 Å². The third kappa shape index (κ3) is 3.72. The van der Waals surface area contributed by atoms with E-state index in [1.54, 1.807) is 7.11 Å². The molecule has 0 bridgehead atoms. The molecule has 0 atom stereocenters. The molecule has 0 spiro atoms. The summed E-state index contributed by atoms with van der Waals surface area (Å²) in [6, 6.07) is 4.32. The van der Waals surface area contributed by atoms with Gasteiger partial charge in [0.15, 0.2) is 0 Å². The molecular weight excluding hydrogens is 212 g/mol. The molecule has 0 amide bonds. The van der Waals surface area contributed by atoms with Crippen LogP contribution < -0.4 is 15.8 Å². The zero-order chi connectivity index (χ0) is 13.1. The summed E-state index contributed by atoms with van der Waals surface area (Å²) in [5, 5.41) is 3.45. The van der Waals surface area contributed by atoms with Crippen LogP contribution in [0.3, 0.4) is 0 Å². The van der Waals surface area contributed by atoms with Crippen molar-refractivity contribution in [3.63, 3.8) is 0 Å². The molecule has 0 aromatic heterocycles. The monoisotopic (exact) mass is 236 g/mol. The second-order valence-electron chi connectivity index (χ2n) is 5.20. The van der Waals surface area contributed by atoms with E-state index in [9.17, 15) is 0 Å². The van der Waals surface area contributed by atoms with E-state index < -0.39 is 0 Å². The van der Waals surface area contributed by atoms with E-state index in [0.29, 0.717) is 6.54 Å². The maximum absolute atomic E-state index is 5.69. The van der Waals surface area contributed by atoms with Crippen LogP contribution >= 0.6 is 0 Å². The van der Waals surface area contributed by atoms with Crippen molar-refractivity contribution in [3.05, 3.63) is 28.8 Å². The smallest absolute Gasteiger partial charge is 0.124 e. The molecule has 0 saturated carbocycles. The molecule has 3 N–H and O–H groups in total. The van der Waals surface area contributed by atoms with Crippen molar-refractivity contribution in [3.8, 4) is 5.75 Å². The highest BCUT2D eigenvalue weighted by atomic mass is 16.5. The fourth-order valence-electron chi connectivity index (χ4n) is 1.88. The van der Waals surface area contributed by atoms with Gasteiger partial charge in [-0.1, -0.05) is 12.1 Å². The minimum absolute atomic E-state index is 0.0261. The van der Waals surface area contributed by atoms with E-state index in [1.165, 1.54) is 16.7 Å². The third-order valence-electron chi connectivity index (χ3n) is 3.01. The van der Waals surface area contributed by atoms with Crippen molar-refractivity contribution in [2.24, 2.45) is 5.73 Å². The third-order valence-corrected chi connectivity index (χ3v) is 3.01. The van der Waals surface area contributed by atoms with E-state index >= 15 is 0 Å². The lowest BCUT2D eigenvalue weighted by Gasteiger charge is -2.24. The molecule has 3 heteroatoms. The van der Waals surface area contributed by atoms with Gasteiger partial charge in [0.25, 0.3) is 0 Å². The van der Waals surface area contributed by atoms with Crippen LogP contribution in [-0.2, 0) is 6.54 Å². The Kier molecular flexibility index (Phi) is 4.54. The minimum Gasteiger partial charge on any atom is -0.496 e. The van der Waals surface area contributed by atoms with Crippen molar-refractivity contribution >= 4 is 0 Å². The topological polar surface area (TPSA) is 47.3 Å². The number of rotatable bonds is 5. The van der Waals surface area contributed by atoms with Crippen LogP contribution in [-0.4, -0.2) is 19.2 Å². The summed E-state index contributed by atoms with van der Waals surface area (Å²) in [4.78, 5) is 0. The molecule has 0 radical (unpaired) electrons. The zero-order valence-electron chi connectivity index (χ0n) is 11.6. The van der Waals surface area contributed by atoms with Gasteiger partial charge < -0.3 is 15.8 Å². The van der Waals surface area contributed by atoms with Gasteiger partial charge in [0, 0.05) is 18.6 Å². The fourth-order valence-corrected chi connectivity index (χ4v) is 1.88. The van der Waals surface area contributed by atoms with Crippen LogP contribution in [0.15, 0.2) is 12.1 Å². The Balaban J connectivity index is 2.80. The van der Waals surface area contributed by atoms with Crippen molar-refractivity contribution in [2.45, 2.75) is 39.8 Å². The molecule has 0 heterocycles. The lowest BCUT2D eigenvalue weighted by Crippen LogP contribution is -2.45. The summed E-state index contributed by atoms with van der Waals surface area (Å²) >= 11 is 0.